The molecule has 2 aromatic carbocycles. The predicted octanol–water partition coefficient (Wildman–Crippen LogP) is 5.81. The zero-order valence-corrected chi connectivity index (χ0v) is 18.2. The molecular weight excluding hydrogens is 455 g/mol. The molecule has 172 valence electrons. The predicted molar refractivity (Wildman–Crippen MR) is 117 cm³/mol. The number of carbonyl (C=O) groups is 1. The van der Waals surface area contributed by atoms with Gasteiger partial charge in [-0.25, -0.2) is 4.79 Å². The third kappa shape index (κ3) is 5.85. The van der Waals surface area contributed by atoms with E-state index in [2.05, 4.69) is 4.98 Å². The quantitative estimate of drug-likeness (QED) is 0.435. The summed E-state index contributed by atoms with van der Waals surface area (Å²) in [5.41, 5.74) is 2.52. The highest BCUT2D eigenvalue weighted by atomic mass is 32.2. The first-order chi connectivity index (χ1) is 15.8. The lowest BCUT2D eigenvalue weighted by atomic mass is 10.1. The van der Waals surface area contributed by atoms with E-state index in [0.29, 0.717) is 17.9 Å². The van der Waals surface area contributed by atoms with E-state index in [-0.39, 0.29) is 0 Å². The van der Waals surface area contributed by atoms with E-state index in [9.17, 15) is 18.0 Å². The van der Waals surface area contributed by atoms with Crippen LogP contribution in [0.2, 0.25) is 0 Å². The minimum atomic E-state index is -4.41. The number of nitrogens with zero attached hydrogens (tertiary/aromatic N) is 1. The van der Waals surface area contributed by atoms with E-state index in [1.807, 2.05) is 42.5 Å². The average Bonchev–Trinajstić information content (AvgIpc) is 2.81. The van der Waals surface area contributed by atoms with Gasteiger partial charge in [0.2, 0.25) is 6.29 Å². The Labute approximate surface area is 192 Å². The largest absolute Gasteiger partial charge is 0.480 e. The summed E-state index contributed by atoms with van der Waals surface area (Å²) in [7, 11) is 0. The van der Waals surface area contributed by atoms with Crippen LogP contribution in [0.25, 0.3) is 11.3 Å². The number of fused-ring (bicyclic) bond motifs is 1. The SMILES string of the molecule is O=C(O)COC1CCc2cccc(SCc3ccc(-c4ccc(C(F)(F)F)cn4)cc3)c2O1. The van der Waals surface area contributed by atoms with Crippen molar-refractivity contribution in [2.24, 2.45) is 0 Å². The Morgan fingerprint density at radius 3 is 2.61 bits per heavy atom. The monoisotopic (exact) mass is 475 g/mol. The molecule has 4 rings (SSSR count). The summed E-state index contributed by atoms with van der Waals surface area (Å²) in [5, 5.41) is 8.81. The lowest BCUT2D eigenvalue weighted by Crippen LogP contribution is -2.28. The van der Waals surface area contributed by atoms with Gasteiger partial charge in [-0.1, -0.05) is 36.4 Å². The second kappa shape index (κ2) is 9.84. The molecule has 3 aromatic rings. The maximum atomic E-state index is 12.7. The van der Waals surface area contributed by atoms with Crippen molar-refractivity contribution in [2.45, 2.75) is 36.0 Å². The Bertz CT molecular complexity index is 1120. The maximum absolute atomic E-state index is 12.7. The van der Waals surface area contributed by atoms with Gasteiger partial charge in [-0.15, -0.1) is 11.8 Å². The van der Waals surface area contributed by atoms with Crippen molar-refractivity contribution < 1.29 is 32.5 Å². The zero-order valence-electron chi connectivity index (χ0n) is 17.3. The lowest BCUT2D eigenvalue weighted by Gasteiger charge is -2.27. The average molecular weight is 475 g/mol. The Morgan fingerprint density at radius 1 is 1.15 bits per heavy atom. The highest BCUT2D eigenvalue weighted by molar-refractivity contribution is 7.98. The summed E-state index contributed by atoms with van der Waals surface area (Å²) in [6, 6.07) is 15.8. The standard InChI is InChI=1S/C24H20F3NO4S/c25-24(26,27)18-9-10-19(28-12-18)16-6-4-15(5-7-16)14-33-20-3-1-2-17-8-11-22(32-23(17)20)31-13-21(29)30/h1-7,9-10,12,22H,8,11,13-14H2,(H,29,30). The van der Waals surface area contributed by atoms with Crippen LogP contribution < -0.4 is 4.74 Å². The number of rotatable bonds is 7. The second-order valence-electron chi connectivity index (χ2n) is 7.45. The molecule has 0 saturated heterocycles. The van der Waals surface area contributed by atoms with E-state index in [1.165, 1.54) is 6.07 Å². The van der Waals surface area contributed by atoms with Gasteiger partial charge in [0.25, 0.3) is 0 Å². The molecule has 0 spiro atoms. The molecule has 0 radical (unpaired) electrons. The molecule has 1 unspecified atom stereocenters. The lowest BCUT2D eigenvalue weighted by molar-refractivity contribution is -0.154. The third-order valence-corrected chi connectivity index (χ3v) is 6.20. The van der Waals surface area contributed by atoms with Gasteiger partial charge in [0.1, 0.15) is 12.4 Å². The molecule has 1 aromatic heterocycles. The molecule has 2 heterocycles. The molecule has 1 aliphatic rings. The van der Waals surface area contributed by atoms with Crippen molar-refractivity contribution in [3.63, 3.8) is 0 Å². The van der Waals surface area contributed by atoms with Gasteiger partial charge in [0.15, 0.2) is 0 Å². The van der Waals surface area contributed by atoms with Crippen molar-refractivity contribution in [3.05, 3.63) is 77.5 Å². The van der Waals surface area contributed by atoms with E-state index >= 15 is 0 Å². The number of thioether (sulfide) groups is 1. The molecule has 0 saturated carbocycles. The van der Waals surface area contributed by atoms with Crippen LogP contribution in [0.5, 0.6) is 5.75 Å². The van der Waals surface area contributed by atoms with Crippen LogP contribution in [0, 0.1) is 0 Å². The number of aromatic nitrogens is 1. The first-order valence-electron chi connectivity index (χ1n) is 10.2. The molecule has 0 amide bonds. The smallest absolute Gasteiger partial charge is 0.417 e. The summed E-state index contributed by atoms with van der Waals surface area (Å²) in [6.45, 7) is -0.407. The molecule has 0 fully saturated rings. The van der Waals surface area contributed by atoms with Gasteiger partial charge in [0, 0.05) is 23.9 Å². The fourth-order valence-electron chi connectivity index (χ4n) is 3.42. The molecule has 5 nitrogen and oxygen atoms in total. The highest BCUT2D eigenvalue weighted by Crippen LogP contribution is 2.39. The molecular formula is C24H20F3NO4S. The van der Waals surface area contributed by atoms with E-state index in [0.717, 1.165) is 46.0 Å². The number of pyridine rings is 1. The molecule has 0 bridgehead atoms. The molecule has 1 atom stereocenters. The number of ether oxygens (including phenoxy) is 2. The van der Waals surface area contributed by atoms with Gasteiger partial charge in [-0.3, -0.25) is 4.98 Å². The first kappa shape index (κ1) is 23.1. The number of carboxylic acid groups (broad SMARTS) is 1. The van der Waals surface area contributed by atoms with Crippen LogP contribution in [0.1, 0.15) is 23.1 Å². The normalized spacial score (nSPS) is 15.5. The number of hydrogen-bond acceptors (Lipinski definition) is 5. The minimum absolute atomic E-state index is 0.407. The molecule has 1 aliphatic heterocycles. The number of carboxylic acids is 1. The first-order valence-corrected chi connectivity index (χ1v) is 11.2. The molecule has 9 heteroatoms. The van der Waals surface area contributed by atoms with E-state index in [4.69, 9.17) is 14.6 Å². The van der Waals surface area contributed by atoms with Gasteiger partial charge in [-0.2, -0.15) is 13.2 Å². The van der Waals surface area contributed by atoms with Crippen LogP contribution in [0.3, 0.4) is 0 Å². The van der Waals surface area contributed by atoms with Crippen LogP contribution in [0.15, 0.2) is 65.7 Å². The number of hydrogen-bond donors (Lipinski definition) is 1. The Balaban J connectivity index is 1.41. The zero-order chi connectivity index (χ0) is 23.4. The fourth-order valence-corrected chi connectivity index (χ4v) is 4.42. The van der Waals surface area contributed by atoms with Crippen molar-refractivity contribution in [1.29, 1.82) is 0 Å². The van der Waals surface area contributed by atoms with E-state index < -0.39 is 30.6 Å². The van der Waals surface area contributed by atoms with Crippen LogP contribution in [-0.2, 0) is 27.9 Å². The Morgan fingerprint density at radius 2 is 1.94 bits per heavy atom. The Kier molecular flexibility index (Phi) is 6.90. The minimum Gasteiger partial charge on any atom is -0.480 e. The van der Waals surface area contributed by atoms with Crippen LogP contribution >= 0.6 is 11.8 Å². The van der Waals surface area contributed by atoms with Crippen molar-refractivity contribution in [3.8, 4) is 17.0 Å². The van der Waals surface area contributed by atoms with Crippen LogP contribution in [0.4, 0.5) is 13.2 Å². The number of aliphatic carboxylic acids is 1. The topological polar surface area (TPSA) is 68.7 Å². The number of benzene rings is 2. The van der Waals surface area contributed by atoms with Crippen molar-refractivity contribution in [2.75, 3.05) is 6.61 Å². The molecule has 0 aliphatic carbocycles. The summed E-state index contributed by atoms with van der Waals surface area (Å²) in [5.74, 6) is 0.331. The number of alkyl halides is 3. The van der Waals surface area contributed by atoms with E-state index in [1.54, 1.807) is 11.8 Å². The summed E-state index contributed by atoms with van der Waals surface area (Å²) < 4.78 is 49.4. The van der Waals surface area contributed by atoms with Gasteiger partial charge in [0.05, 0.1) is 16.2 Å². The van der Waals surface area contributed by atoms with Crippen molar-refractivity contribution >= 4 is 17.7 Å². The molecule has 1 N–H and O–H groups in total. The molecule has 33 heavy (non-hydrogen) atoms. The van der Waals surface area contributed by atoms with Crippen molar-refractivity contribution in [1.82, 2.24) is 4.98 Å². The highest BCUT2D eigenvalue weighted by Gasteiger charge is 2.30. The third-order valence-electron chi connectivity index (χ3n) is 5.09. The summed E-state index contributed by atoms with van der Waals surface area (Å²) >= 11 is 1.58. The number of para-hydroxylation sites is 1. The summed E-state index contributed by atoms with van der Waals surface area (Å²) in [6.07, 6.45) is -2.83. The number of aryl methyl sites for hydroxylation is 1. The Hall–Kier alpha value is -3.04. The summed E-state index contributed by atoms with van der Waals surface area (Å²) in [4.78, 5) is 15.6. The van der Waals surface area contributed by atoms with Gasteiger partial charge < -0.3 is 14.6 Å². The number of halogens is 3. The van der Waals surface area contributed by atoms with Crippen LogP contribution in [-0.4, -0.2) is 29.0 Å². The fraction of sp³-hybridized carbons (Fsp3) is 0.250. The van der Waals surface area contributed by atoms with Gasteiger partial charge in [-0.05, 0) is 35.7 Å². The maximum Gasteiger partial charge on any atom is 0.417 e. The van der Waals surface area contributed by atoms with Gasteiger partial charge >= 0.3 is 12.1 Å². The second-order valence-corrected chi connectivity index (χ2v) is 8.47.